The van der Waals surface area contributed by atoms with Crippen LogP contribution in [0.3, 0.4) is 0 Å². The lowest BCUT2D eigenvalue weighted by atomic mass is 9.96. The average Bonchev–Trinajstić information content (AvgIpc) is 3.34. The zero-order valence-electron chi connectivity index (χ0n) is 16.6. The van der Waals surface area contributed by atoms with Gasteiger partial charge in [0.25, 0.3) is 0 Å². The second-order valence-electron chi connectivity index (χ2n) is 7.69. The number of carbonyl (C=O) groups excluding carboxylic acids is 2. The summed E-state index contributed by atoms with van der Waals surface area (Å²) in [5, 5.41) is 3.15. The number of H-pyrrole nitrogens is 1. The molecule has 30 heavy (non-hydrogen) atoms. The Bertz CT molecular complexity index is 1070. The van der Waals surface area contributed by atoms with Crippen LogP contribution in [0.4, 0.5) is 4.39 Å². The number of nitrogens with zero attached hydrogens (tertiary/aromatic N) is 2. The van der Waals surface area contributed by atoms with Crippen molar-refractivity contribution in [3.05, 3.63) is 65.9 Å². The molecule has 0 saturated carbocycles. The number of benzene rings is 1. The Hall–Kier alpha value is -3.26. The summed E-state index contributed by atoms with van der Waals surface area (Å²) < 4.78 is 14.5. The molecule has 1 fully saturated rings. The van der Waals surface area contributed by atoms with Gasteiger partial charge in [-0.05, 0) is 30.9 Å². The molecule has 2 unspecified atom stereocenters. The third-order valence-corrected chi connectivity index (χ3v) is 5.86. The van der Waals surface area contributed by atoms with Gasteiger partial charge in [0.2, 0.25) is 11.8 Å². The molecular formula is C22H24FN5O2. The summed E-state index contributed by atoms with van der Waals surface area (Å²) in [7, 11) is 0. The predicted octanol–water partition coefficient (Wildman–Crippen LogP) is 2.05. The highest BCUT2D eigenvalue weighted by Crippen LogP contribution is 2.33. The molecule has 0 aliphatic carbocycles. The lowest BCUT2D eigenvalue weighted by Gasteiger charge is -2.28. The summed E-state index contributed by atoms with van der Waals surface area (Å²) in [6.45, 7) is 2.31. The summed E-state index contributed by atoms with van der Waals surface area (Å²) in [4.78, 5) is 33.5. The van der Waals surface area contributed by atoms with Crippen LogP contribution in [-0.2, 0) is 16.1 Å². The fourth-order valence-electron chi connectivity index (χ4n) is 4.19. The van der Waals surface area contributed by atoms with E-state index in [1.54, 1.807) is 19.2 Å². The Balaban J connectivity index is 1.45. The van der Waals surface area contributed by atoms with Crippen molar-refractivity contribution in [3.63, 3.8) is 0 Å². The maximum Gasteiger partial charge on any atom is 0.237 e. The second kappa shape index (κ2) is 8.23. The van der Waals surface area contributed by atoms with Crippen molar-refractivity contribution in [1.29, 1.82) is 0 Å². The first-order valence-electron chi connectivity index (χ1n) is 9.93. The van der Waals surface area contributed by atoms with Gasteiger partial charge in [-0.25, -0.2) is 4.39 Å². The molecule has 8 heteroatoms. The summed E-state index contributed by atoms with van der Waals surface area (Å²) in [5.74, 6) is -1.03. The van der Waals surface area contributed by atoms with Crippen molar-refractivity contribution in [3.8, 4) is 0 Å². The molecule has 0 radical (unpaired) electrons. The first kappa shape index (κ1) is 20.0. The van der Waals surface area contributed by atoms with E-state index in [0.717, 1.165) is 5.56 Å². The number of hydrogen-bond donors (Lipinski definition) is 3. The van der Waals surface area contributed by atoms with Crippen LogP contribution in [-0.4, -0.2) is 45.3 Å². The predicted molar refractivity (Wildman–Crippen MR) is 111 cm³/mol. The van der Waals surface area contributed by atoms with Crippen LogP contribution in [0.15, 0.2) is 48.8 Å². The highest BCUT2D eigenvalue weighted by atomic mass is 19.1. The molecule has 3 atom stereocenters. The summed E-state index contributed by atoms with van der Waals surface area (Å²) >= 11 is 0. The van der Waals surface area contributed by atoms with E-state index in [4.69, 9.17) is 5.73 Å². The molecule has 0 bridgehead atoms. The van der Waals surface area contributed by atoms with Crippen molar-refractivity contribution in [2.24, 2.45) is 5.73 Å². The molecule has 2 amide bonds. The van der Waals surface area contributed by atoms with E-state index in [1.165, 1.54) is 6.20 Å². The lowest BCUT2D eigenvalue weighted by Crippen LogP contribution is -2.51. The van der Waals surface area contributed by atoms with Crippen LogP contribution < -0.4 is 11.1 Å². The number of halogens is 1. The number of carbonyl (C=O) groups is 2. The van der Waals surface area contributed by atoms with Crippen molar-refractivity contribution in [1.82, 2.24) is 20.2 Å². The summed E-state index contributed by atoms with van der Waals surface area (Å²) in [6.07, 6.45) is 3.59. The van der Waals surface area contributed by atoms with E-state index < -0.39 is 23.8 Å². The van der Waals surface area contributed by atoms with E-state index in [9.17, 15) is 14.0 Å². The summed E-state index contributed by atoms with van der Waals surface area (Å²) in [5.41, 5.74) is 7.65. The number of fused-ring (bicyclic) bond motifs is 1. The number of amides is 2. The topological polar surface area (TPSA) is 104 Å². The third-order valence-electron chi connectivity index (χ3n) is 5.86. The molecule has 3 heterocycles. The molecule has 1 aliphatic rings. The van der Waals surface area contributed by atoms with Gasteiger partial charge in [0.15, 0.2) is 5.82 Å². The maximum atomic E-state index is 14.5. The zero-order valence-corrected chi connectivity index (χ0v) is 16.6. The first-order valence-corrected chi connectivity index (χ1v) is 9.93. The van der Waals surface area contributed by atoms with E-state index in [1.807, 2.05) is 35.2 Å². The molecule has 3 aromatic rings. The average molecular weight is 409 g/mol. The SMILES string of the molecule is C[C@@H](C(=O)NCc1[nH]c2ccncc2c1F)N1CC(c2ccccc2)CC1C(N)=O. The van der Waals surface area contributed by atoms with Crippen LogP contribution in [0.1, 0.15) is 30.5 Å². The van der Waals surface area contributed by atoms with Gasteiger partial charge in [0.05, 0.1) is 35.2 Å². The zero-order chi connectivity index (χ0) is 21.3. The Morgan fingerprint density at radius 3 is 2.80 bits per heavy atom. The minimum atomic E-state index is -0.578. The van der Waals surface area contributed by atoms with Gasteiger partial charge in [-0.3, -0.25) is 19.5 Å². The van der Waals surface area contributed by atoms with Gasteiger partial charge in [-0.2, -0.15) is 0 Å². The number of hydrogen-bond acceptors (Lipinski definition) is 4. The van der Waals surface area contributed by atoms with Crippen molar-refractivity contribution >= 4 is 22.7 Å². The van der Waals surface area contributed by atoms with Crippen molar-refractivity contribution in [2.75, 3.05) is 6.54 Å². The Labute approximate surface area is 173 Å². The normalized spacial score (nSPS) is 20.3. The molecule has 4 N–H and O–H groups in total. The summed E-state index contributed by atoms with van der Waals surface area (Å²) in [6, 6.07) is 10.5. The van der Waals surface area contributed by atoms with Crippen LogP contribution >= 0.6 is 0 Å². The van der Waals surface area contributed by atoms with Crippen molar-refractivity contribution in [2.45, 2.75) is 37.9 Å². The standard InChI is InChI=1S/C22H24FN5O2/c1-13(22(30)26-11-18-20(23)16-10-25-8-7-17(16)27-18)28-12-15(9-19(28)21(24)29)14-5-3-2-4-6-14/h2-8,10,13,15,19,27H,9,11-12H2,1H3,(H2,24,29)(H,26,30)/t13-,15?,19?/m0/s1. The lowest BCUT2D eigenvalue weighted by molar-refractivity contribution is -0.129. The quantitative estimate of drug-likeness (QED) is 0.580. The van der Waals surface area contributed by atoms with E-state index in [0.29, 0.717) is 23.9 Å². The van der Waals surface area contributed by atoms with Crippen LogP contribution in [0.25, 0.3) is 10.9 Å². The fraction of sp³-hybridized carbons (Fsp3) is 0.318. The minimum Gasteiger partial charge on any atom is -0.368 e. The monoisotopic (exact) mass is 409 g/mol. The molecule has 2 aromatic heterocycles. The Morgan fingerprint density at radius 1 is 1.33 bits per heavy atom. The number of pyridine rings is 1. The van der Waals surface area contributed by atoms with E-state index in [2.05, 4.69) is 15.3 Å². The number of aromatic amines is 1. The van der Waals surface area contributed by atoms with E-state index in [-0.39, 0.29) is 24.1 Å². The molecule has 1 aliphatic heterocycles. The number of primary amides is 1. The highest BCUT2D eigenvalue weighted by molar-refractivity contribution is 5.85. The van der Waals surface area contributed by atoms with Gasteiger partial charge in [0, 0.05) is 18.9 Å². The third kappa shape index (κ3) is 3.78. The van der Waals surface area contributed by atoms with Gasteiger partial charge >= 0.3 is 0 Å². The van der Waals surface area contributed by atoms with Crippen LogP contribution in [0, 0.1) is 5.82 Å². The first-order chi connectivity index (χ1) is 14.5. The number of nitrogens with two attached hydrogens (primary N) is 1. The van der Waals surface area contributed by atoms with E-state index >= 15 is 0 Å². The minimum absolute atomic E-state index is 0.0148. The molecule has 1 saturated heterocycles. The number of aromatic nitrogens is 2. The number of likely N-dealkylation sites (tertiary alicyclic amines) is 1. The molecule has 1 aromatic carbocycles. The maximum absolute atomic E-state index is 14.5. The number of nitrogens with one attached hydrogen (secondary N) is 2. The smallest absolute Gasteiger partial charge is 0.237 e. The second-order valence-corrected chi connectivity index (χ2v) is 7.69. The Morgan fingerprint density at radius 2 is 2.10 bits per heavy atom. The van der Waals surface area contributed by atoms with Gasteiger partial charge in [-0.1, -0.05) is 30.3 Å². The van der Waals surface area contributed by atoms with Gasteiger partial charge in [0.1, 0.15) is 0 Å². The Kier molecular flexibility index (Phi) is 5.50. The van der Waals surface area contributed by atoms with Crippen molar-refractivity contribution < 1.29 is 14.0 Å². The molecule has 156 valence electrons. The fourth-order valence-corrected chi connectivity index (χ4v) is 4.19. The van der Waals surface area contributed by atoms with Gasteiger partial charge < -0.3 is 16.0 Å². The van der Waals surface area contributed by atoms with Gasteiger partial charge in [-0.15, -0.1) is 0 Å². The number of rotatable bonds is 6. The van der Waals surface area contributed by atoms with Crippen LogP contribution in [0.2, 0.25) is 0 Å². The molecule has 4 rings (SSSR count). The van der Waals surface area contributed by atoms with Crippen LogP contribution in [0.5, 0.6) is 0 Å². The highest BCUT2D eigenvalue weighted by Gasteiger charge is 2.40. The molecular weight excluding hydrogens is 385 g/mol. The largest absolute Gasteiger partial charge is 0.368 e. The molecule has 7 nitrogen and oxygen atoms in total. The molecule has 0 spiro atoms.